The van der Waals surface area contributed by atoms with Crippen molar-refractivity contribution in [3.63, 3.8) is 0 Å². The summed E-state index contributed by atoms with van der Waals surface area (Å²) in [6, 6.07) is 22.3. The monoisotopic (exact) mass is 823 g/mol. The number of aryl methyl sites for hydroxylation is 3. The molecule has 334 valence electrons. The molecule has 0 saturated heterocycles. The Kier molecular flexibility index (Phi) is 21.7. The summed E-state index contributed by atoms with van der Waals surface area (Å²) in [5, 5.41) is 0. The Balaban J connectivity index is 1.65. The van der Waals surface area contributed by atoms with Crippen molar-refractivity contribution in [1.82, 2.24) is 0 Å². The molecule has 61 heavy (non-hydrogen) atoms. The van der Waals surface area contributed by atoms with Crippen LogP contribution in [0, 0.1) is 11.3 Å². The lowest BCUT2D eigenvalue weighted by Crippen LogP contribution is -2.19. The number of rotatable bonds is 29. The fourth-order valence-electron chi connectivity index (χ4n) is 10.5. The second-order valence-corrected chi connectivity index (χ2v) is 19.7. The molecule has 0 heterocycles. The van der Waals surface area contributed by atoms with E-state index in [1.54, 1.807) is 22.3 Å². The maximum atomic E-state index is 4.33. The van der Waals surface area contributed by atoms with Gasteiger partial charge in [0.1, 0.15) is 0 Å². The first-order valence-electron chi connectivity index (χ1n) is 25.5. The number of hydrogen-bond acceptors (Lipinski definition) is 0. The van der Waals surface area contributed by atoms with Gasteiger partial charge in [0.15, 0.2) is 0 Å². The molecule has 0 aliphatic heterocycles. The Bertz CT molecular complexity index is 1760. The third-order valence-electron chi connectivity index (χ3n) is 15.3. The van der Waals surface area contributed by atoms with Crippen LogP contribution in [0.2, 0.25) is 0 Å². The SMILES string of the molecule is C=C(C)C(=C)CCCCc1cc(-c2ccc(-c3ccc(C4CCC(CCCCC)CC4)cc3)cc2CC)cc(CCCCC(=C)C(=C)C)c1CCCC(CC)(CC)CCCC. The van der Waals surface area contributed by atoms with Gasteiger partial charge in [-0.1, -0.05) is 189 Å². The summed E-state index contributed by atoms with van der Waals surface area (Å²) in [4.78, 5) is 0. The predicted octanol–water partition coefficient (Wildman–Crippen LogP) is 19.4. The van der Waals surface area contributed by atoms with Gasteiger partial charge >= 0.3 is 0 Å². The number of benzene rings is 3. The fraction of sp³-hybridized carbons (Fsp3) is 0.574. The molecule has 0 aromatic heterocycles. The highest BCUT2D eigenvalue weighted by atomic mass is 14.3. The zero-order chi connectivity index (χ0) is 44.2. The van der Waals surface area contributed by atoms with Crippen molar-refractivity contribution in [3.8, 4) is 22.3 Å². The first-order valence-corrected chi connectivity index (χ1v) is 25.5. The van der Waals surface area contributed by atoms with Crippen LogP contribution >= 0.6 is 0 Å². The van der Waals surface area contributed by atoms with E-state index >= 15 is 0 Å². The second kappa shape index (κ2) is 26.3. The molecule has 0 heteroatoms. The van der Waals surface area contributed by atoms with Crippen molar-refractivity contribution in [2.75, 3.05) is 0 Å². The van der Waals surface area contributed by atoms with Crippen molar-refractivity contribution >= 4 is 0 Å². The highest BCUT2D eigenvalue weighted by Gasteiger charge is 2.26. The van der Waals surface area contributed by atoms with E-state index < -0.39 is 0 Å². The van der Waals surface area contributed by atoms with Crippen LogP contribution in [0.25, 0.3) is 22.3 Å². The normalized spacial score (nSPS) is 15.5. The van der Waals surface area contributed by atoms with Crippen LogP contribution in [0.3, 0.4) is 0 Å². The van der Waals surface area contributed by atoms with Crippen LogP contribution in [0.5, 0.6) is 0 Å². The zero-order valence-corrected chi connectivity index (χ0v) is 40.9. The molecule has 0 unspecified atom stereocenters. The van der Waals surface area contributed by atoms with Crippen molar-refractivity contribution in [1.29, 1.82) is 0 Å². The highest BCUT2D eigenvalue weighted by molar-refractivity contribution is 5.75. The quantitative estimate of drug-likeness (QED) is 0.0483. The van der Waals surface area contributed by atoms with E-state index in [9.17, 15) is 0 Å². The molecule has 3 aromatic rings. The zero-order valence-electron chi connectivity index (χ0n) is 40.9. The summed E-state index contributed by atoms with van der Waals surface area (Å²) >= 11 is 0. The summed E-state index contributed by atoms with van der Waals surface area (Å²) in [6.07, 6.45) is 31.6. The molecule has 1 aliphatic rings. The molecule has 0 bridgehead atoms. The highest BCUT2D eigenvalue weighted by Crippen LogP contribution is 2.41. The Morgan fingerprint density at radius 2 is 1.08 bits per heavy atom. The summed E-state index contributed by atoms with van der Waals surface area (Å²) < 4.78 is 0. The Morgan fingerprint density at radius 3 is 1.61 bits per heavy atom. The van der Waals surface area contributed by atoms with Crippen molar-refractivity contribution < 1.29 is 0 Å². The lowest BCUT2D eigenvalue weighted by Gasteiger charge is -2.32. The summed E-state index contributed by atoms with van der Waals surface area (Å²) in [5.41, 5.74) is 18.5. The van der Waals surface area contributed by atoms with Gasteiger partial charge in [0, 0.05) is 0 Å². The van der Waals surface area contributed by atoms with Crippen LogP contribution in [0.1, 0.15) is 217 Å². The molecule has 0 N–H and O–H groups in total. The Labute approximate surface area is 377 Å². The minimum Gasteiger partial charge on any atom is -0.0959 e. The number of hydrogen-bond donors (Lipinski definition) is 0. The second-order valence-electron chi connectivity index (χ2n) is 19.7. The van der Waals surface area contributed by atoms with Crippen LogP contribution in [0.4, 0.5) is 0 Å². The van der Waals surface area contributed by atoms with Gasteiger partial charge in [-0.25, -0.2) is 0 Å². The lowest BCUT2D eigenvalue weighted by molar-refractivity contribution is 0.206. The summed E-state index contributed by atoms with van der Waals surface area (Å²) in [5.74, 6) is 1.69. The molecular formula is C61H90. The van der Waals surface area contributed by atoms with Crippen LogP contribution in [-0.4, -0.2) is 0 Å². The summed E-state index contributed by atoms with van der Waals surface area (Å²) in [6.45, 7) is 33.1. The van der Waals surface area contributed by atoms with Crippen LogP contribution in [0.15, 0.2) is 103 Å². The fourth-order valence-corrected chi connectivity index (χ4v) is 10.5. The van der Waals surface area contributed by atoms with E-state index in [0.717, 1.165) is 67.9 Å². The number of unbranched alkanes of at least 4 members (excludes halogenated alkanes) is 5. The van der Waals surface area contributed by atoms with E-state index in [1.807, 2.05) is 0 Å². The Morgan fingerprint density at radius 1 is 0.541 bits per heavy atom. The van der Waals surface area contributed by atoms with Gasteiger partial charge in [0.25, 0.3) is 0 Å². The van der Waals surface area contributed by atoms with Gasteiger partial charge in [-0.2, -0.15) is 0 Å². The lowest BCUT2D eigenvalue weighted by atomic mass is 9.73. The number of allylic oxidation sites excluding steroid dienone is 4. The van der Waals surface area contributed by atoms with Gasteiger partial charge in [-0.3, -0.25) is 0 Å². The van der Waals surface area contributed by atoms with Gasteiger partial charge in [-0.15, -0.1) is 0 Å². The Hall–Kier alpha value is -3.38. The van der Waals surface area contributed by atoms with Gasteiger partial charge in [0.2, 0.25) is 0 Å². The first kappa shape index (κ1) is 50.3. The van der Waals surface area contributed by atoms with Gasteiger partial charge in [-0.05, 0) is 190 Å². The molecule has 0 nitrogen and oxygen atoms in total. The van der Waals surface area contributed by atoms with E-state index in [-0.39, 0.29) is 0 Å². The minimum absolute atomic E-state index is 0.479. The third kappa shape index (κ3) is 15.4. The first-order chi connectivity index (χ1) is 29.5. The van der Waals surface area contributed by atoms with Crippen LogP contribution in [-0.2, 0) is 25.7 Å². The average Bonchev–Trinajstić information content (AvgIpc) is 3.28. The molecule has 1 fully saturated rings. The molecule has 0 spiro atoms. The average molecular weight is 823 g/mol. The van der Waals surface area contributed by atoms with E-state index in [2.05, 4.69) is 129 Å². The van der Waals surface area contributed by atoms with Crippen LogP contribution < -0.4 is 0 Å². The molecule has 1 saturated carbocycles. The standard InChI is InChI=1S/C61H90/c1-12-17-19-27-50-31-33-52(34-32-50)53-35-37-54(38-36-53)55-39-40-60(51(14-3)43-55)58-44-56(28-22-20-25-48(10)46(6)7)59(30-24-42-61(15-4,16-5)41-18-13-2)57(45-58)29-23-21-26-49(11)47(8)9/h35-40,43-45,50,52H,6,8,10-34,41-42H2,1-5,7,9H3. The molecule has 4 rings (SSSR count). The molecule has 0 atom stereocenters. The van der Waals surface area contributed by atoms with Crippen molar-refractivity contribution in [2.45, 2.75) is 215 Å². The van der Waals surface area contributed by atoms with E-state index in [4.69, 9.17) is 0 Å². The van der Waals surface area contributed by atoms with Crippen molar-refractivity contribution in [3.05, 3.63) is 131 Å². The van der Waals surface area contributed by atoms with Crippen molar-refractivity contribution in [2.24, 2.45) is 11.3 Å². The molecule has 0 amide bonds. The molecule has 1 aliphatic carbocycles. The topological polar surface area (TPSA) is 0 Å². The summed E-state index contributed by atoms with van der Waals surface area (Å²) in [7, 11) is 0. The smallest absolute Gasteiger partial charge is 0.0151 e. The molecule has 3 aromatic carbocycles. The largest absolute Gasteiger partial charge is 0.0959 e. The van der Waals surface area contributed by atoms with E-state index in [1.165, 1.54) is 155 Å². The van der Waals surface area contributed by atoms with E-state index in [0.29, 0.717) is 5.41 Å². The molecule has 0 radical (unpaired) electrons. The van der Waals surface area contributed by atoms with Gasteiger partial charge < -0.3 is 0 Å². The maximum absolute atomic E-state index is 4.33. The predicted molar refractivity (Wildman–Crippen MR) is 274 cm³/mol. The molecular weight excluding hydrogens is 733 g/mol. The third-order valence-corrected chi connectivity index (χ3v) is 15.3. The van der Waals surface area contributed by atoms with Gasteiger partial charge in [0.05, 0.1) is 0 Å². The maximum Gasteiger partial charge on any atom is -0.0151 e. The minimum atomic E-state index is 0.479.